The molecule has 1 saturated carbocycles. The van der Waals surface area contributed by atoms with Crippen molar-refractivity contribution in [3.8, 4) is 0 Å². The lowest BCUT2D eigenvalue weighted by atomic mass is 9.79. The van der Waals surface area contributed by atoms with E-state index in [1.165, 1.54) is 44.5 Å². The summed E-state index contributed by atoms with van der Waals surface area (Å²) in [6.45, 7) is 3.89. The van der Waals surface area contributed by atoms with E-state index < -0.39 is 11.7 Å². The van der Waals surface area contributed by atoms with Gasteiger partial charge in [0.15, 0.2) is 0 Å². The highest BCUT2D eigenvalue weighted by Crippen LogP contribution is 2.34. The molecule has 0 bridgehead atoms. The zero-order valence-corrected chi connectivity index (χ0v) is 20.6. The lowest BCUT2D eigenvalue weighted by Crippen LogP contribution is -2.63. The van der Waals surface area contributed by atoms with Gasteiger partial charge in [0.05, 0.1) is 23.7 Å². The fourth-order valence-corrected chi connectivity index (χ4v) is 5.69. The number of carbonyl (C=O) groups is 1. The molecule has 1 aliphatic heterocycles. The summed E-state index contributed by atoms with van der Waals surface area (Å²) in [5.41, 5.74) is -0.390. The Morgan fingerprint density at radius 3 is 2.51 bits per heavy atom. The maximum atomic E-state index is 13.1. The van der Waals surface area contributed by atoms with Gasteiger partial charge in [-0.15, -0.1) is 0 Å². The molecule has 0 radical (unpaired) electrons. The van der Waals surface area contributed by atoms with Crippen molar-refractivity contribution in [1.29, 1.82) is 0 Å². The maximum Gasteiger partial charge on any atom is 0.416 e. The van der Waals surface area contributed by atoms with Crippen LogP contribution in [0.1, 0.15) is 44.6 Å². The zero-order valence-electron chi connectivity index (χ0n) is 20.6. The van der Waals surface area contributed by atoms with Crippen molar-refractivity contribution < 1.29 is 18.0 Å². The van der Waals surface area contributed by atoms with E-state index in [-0.39, 0.29) is 29.7 Å². The summed E-state index contributed by atoms with van der Waals surface area (Å²) in [7, 11) is 4.34. The van der Waals surface area contributed by atoms with Crippen LogP contribution in [0.3, 0.4) is 0 Å². The first-order valence-electron chi connectivity index (χ1n) is 12.4. The van der Waals surface area contributed by atoms with Crippen LogP contribution in [0.15, 0.2) is 24.5 Å². The molecule has 1 amide bonds. The minimum absolute atomic E-state index is 0.0626. The Morgan fingerprint density at radius 2 is 1.89 bits per heavy atom. The van der Waals surface area contributed by atoms with Gasteiger partial charge in [0, 0.05) is 30.6 Å². The molecule has 7 nitrogen and oxygen atoms in total. The van der Waals surface area contributed by atoms with Crippen molar-refractivity contribution in [3.63, 3.8) is 0 Å². The molecule has 1 aromatic heterocycles. The Hall–Kier alpha value is -2.46. The smallest absolute Gasteiger partial charge is 0.360 e. The Bertz CT molecular complexity index is 1020. The van der Waals surface area contributed by atoms with Crippen LogP contribution in [0.2, 0.25) is 0 Å². The number of amides is 1. The van der Waals surface area contributed by atoms with Crippen LogP contribution in [0, 0.1) is 5.92 Å². The summed E-state index contributed by atoms with van der Waals surface area (Å²) < 4.78 is 39.3. The van der Waals surface area contributed by atoms with Crippen molar-refractivity contribution in [2.24, 2.45) is 5.92 Å². The van der Waals surface area contributed by atoms with E-state index in [0.717, 1.165) is 31.1 Å². The number of nitrogens with zero attached hydrogens (tertiary/aromatic N) is 4. The molecule has 1 atom stereocenters. The second kappa shape index (κ2) is 10.7. The Balaban J connectivity index is 1.23. The average Bonchev–Trinajstić information content (AvgIpc) is 2.79. The van der Waals surface area contributed by atoms with Gasteiger partial charge in [0.2, 0.25) is 5.91 Å². The van der Waals surface area contributed by atoms with Gasteiger partial charge < -0.3 is 15.5 Å². The van der Waals surface area contributed by atoms with Crippen molar-refractivity contribution in [2.75, 3.05) is 39.0 Å². The van der Waals surface area contributed by atoms with Crippen molar-refractivity contribution in [2.45, 2.75) is 63.3 Å². The lowest BCUT2D eigenvalue weighted by Gasteiger charge is -2.47. The summed E-state index contributed by atoms with van der Waals surface area (Å²) in [6.07, 6.45) is 2.91. The lowest BCUT2D eigenvalue weighted by molar-refractivity contribution is -0.137. The standard InChI is InChI=1S/C25H35F3N6O/c1-4-22(33(2)3)16-5-8-19(9-6-16)34-13-18(14-34)32-23(35)12-29-24-20-11-17(25(26,27)28)7-10-21(20)30-15-31-24/h7,10-11,15-16,18-19,22H,4-6,8-9,12-14H2,1-3H3,(H,32,35)(H,29,30,31)/t16-,19+,22?. The molecule has 2 heterocycles. The normalized spacial score (nSPS) is 22.7. The first-order chi connectivity index (χ1) is 16.7. The molecule has 192 valence electrons. The van der Waals surface area contributed by atoms with Gasteiger partial charge in [0.1, 0.15) is 12.1 Å². The van der Waals surface area contributed by atoms with Crippen LogP contribution in [0.5, 0.6) is 0 Å². The number of alkyl halides is 3. The van der Waals surface area contributed by atoms with Gasteiger partial charge in [-0.05, 0) is 70.3 Å². The maximum absolute atomic E-state index is 13.1. The number of halogens is 3. The number of nitrogens with one attached hydrogen (secondary N) is 2. The van der Waals surface area contributed by atoms with E-state index in [2.05, 4.69) is 51.4 Å². The topological polar surface area (TPSA) is 73.4 Å². The Labute approximate surface area is 204 Å². The molecule has 2 aliphatic rings. The van der Waals surface area contributed by atoms with Crippen molar-refractivity contribution >= 4 is 22.6 Å². The molecule has 0 spiro atoms. The highest BCUT2D eigenvalue weighted by molar-refractivity contribution is 5.91. The van der Waals surface area contributed by atoms with Crippen LogP contribution in [0.4, 0.5) is 19.0 Å². The monoisotopic (exact) mass is 492 g/mol. The van der Waals surface area contributed by atoms with Crippen LogP contribution in [0.25, 0.3) is 10.9 Å². The van der Waals surface area contributed by atoms with Crippen LogP contribution >= 0.6 is 0 Å². The molecular weight excluding hydrogens is 457 g/mol. The summed E-state index contributed by atoms with van der Waals surface area (Å²) >= 11 is 0. The predicted molar refractivity (Wildman–Crippen MR) is 130 cm³/mol. The minimum Gasteiger partial charge on any atom is -0.360 e. The van der Waals surface area contributed by atoms with Gasteiger partial charge in [-0.3, -0.25) is 9.69 Å². The molecule has 4 rings (SSSR count). The summed E-state index contributed by atoms with van der Waals surface area (Å²) in [6, 6.07) is 4.66. The molecule has 2 N–H and O–H groups in total. The van der Waals surface area contributed by atoms with Gasteiger partial charge in [-0.25, -0.2) is 9.97 Å². The fraction of sp³-hybridized carbons (Fsp3) is 0.640. The first kappa shape index (κ1) is 25.6. The third-order valence-electron chi connectivity index (χ3n) is 7.54. The van der Waals surface area contributed by atoms with E-state index >= 15 is 0 Å². The zero-order chi connectivity index (χ0) is 25.2. The Morgan fingerprint density at radius 1 is 1.17 bits per heavy atom. The molecule has 1 saturated heterocycles. The largest absolute Gasteiger partial charge is 0.416 e. The van der Waals surface area contributed by atoms with Gasteiger partial charge in [0.25, 0.3) is 0 Å². The number of benzene rings is 1. The highest BCUT2D eigenvalue weighted by Gasteiger charge is 2.36. The molecular formula is C25H35F3N6O. The van der Waals surface area contributed by atoms with Crippen LogP contribution < -0.4 is 10.6 Å². The number of rotatable bonds is 8. The van der Waals surface area contributed by atoms with E-state index in [1.807, 2.05) is 0 Å². The summed E-state index contributed by atoms with van der Waals surface area (Å²) in [5, 5.41) is 6.13. The van der Waals surface area contributed by atoms with E-state index in [0.29, 0.717) is 17.6 Å². The summed E-state index contributed by atoms with van der Waals surface area (Å²) in [5.74, 6) is 0.777. The number of hydrogen-bond donors (Lipinski definition) is 2. The second-order valence-electron chi connectivity index (χ2n) is 10.0. The van der Waals surface area contributed by atoms with Gasteiger partial charge >= 0.3 is 6.18 Å². The molecule has 1 aromatic carbocycles. The molecule has 1 aliphatic carbocycles. The number of aromatic nitrogens is 2. The molecule has 1 unspecified atom stereocenters. The third kappa shape index (κ3) is 6.03. The highest BCUT2D eigenvalue weighted by atomic mass is 19.4. The Kier molecular flexibility index (Phi) is 7.80. The number of hydrogen-bond acceptors (Lipinski definition) is 6. The van der Waals surface area contributed by atoms with Crippen LogP contribution in [-0.4, -0.2) is 77.5 Å². The van der Waals surface area contributed by atoms with Crippen molar-refractivity contribution in [1.82, 2.24) is 25.1 Å². The predicted octanol–water partition coefficient (Wildman–Crippen LogP) is 3.76. The van der Waals surface area contributed by atoms with Crippen molar-refractivity contribution in [3.05, 3.63) is 30.1 Å². The third-order valence-corrected chi connectivity index (χ3v) is 7.54. The first-order valence-corrected chi connectivity index (χ1v) is 12.4. The molecule has 10 heteroatoms. The molecule has 2 aromatic rings. The van der Waals surface area contributed by atoms with Crippen LogP contribution in [-0.2, 0) is 11.0 Å². The van der Waals surface area contributed by atoms with E-state index in [4.69, 9.17) is 0 Å². The minimum atomic E-state index is -4.46. The fourth-order valence-electron chi connectivity index (χ4n) is 5.69. The van der Waals surface area contributed by atoms with Gasteiger partial charge in [-0.1, -0.05) is 6.92 Å². The van der Waals surface area contributed by atoms with Gasteiger partial charge in [-0.2, -0.15) is 13.2 Å². The molecule has 35 heavy (non-hydrogen) atoms. The quantitative estimate of drug-likeness (QED) is 0.585. The van der Waals surface area contributed by atoms with E-state index in [1.54, 1.807) is 0 Å². The number of anilines is 1. The SMILES string of the molecule is CCC([C@H]1CC[C@@H](N2CC(NC(=O)CNc3ncnc4ccc(C(F)(F)F)cc34)C2)CC1)N(C)C. The number of carbonyl (C=O) groups excluding carboxylic acids is 1. The summed E-state index contributed by atoms with van der Waals surface area (Å²) in [4.78, 5) is 25.3. The molecule has 2 fully saturated rings. The van der Waals surface area contributed by atoms with E-state index in [9.17, 15) is 18.0 Å². The second-order valence-corrected chi connectivity index (χ2v) is 10.0. The number of fused-ring (bicyclic) bond motifs is 1. The number of likely N-dealkylation sites (tertiary alicyclic amines) is 1. The average molecular weight is 493 g/mol.